The van der Waals surface area contributed by atoms with Crippen molar-refractivity contribution in [1.82, 2.24) is 10.2 Å². The first-order valence-corrected chi connectivity index (χ1v) is 8.15. The molecule has 1 atom stereocenters. The molecule has 4 heteroatoms. The van der Waals surface area contributed by atoms with Crippen LogP contribution in [0.5, 0.6) is 0 Å². The van der Waals surface area contributed by atoms with Crippen LogP contribution in [0.4, 0.5) is 0 Å². The molecule has 21 heavy (non-hydrogen) atoms. The molecule has 0 radical (unpaired) electrons. The SMILES string of the molecule is CNCC(C)C(=O)N(CCc1ccc(Cl)cc1)CC1CC1. The Morgan fingerprint density at radius 1 is 1.38 bits per heavy atom. The lowest BCUT2D eigenvalue weighted by Crippen LogP contribution is -2.40. The molecule has 1 aromatic rings. The fourth-order valence-corrected chi connectivity index (χ4v) is 2.65. The molecule has 0 heterocycles. The maximum Gasteiger partial charge on any atom is 0.226 e. The molecule has 1 aromatic carbocycles. The second kappa shape index (κ2) is 7.81. The van der Waals surface area contributed by atoms with Crippen molar-refractivity contribution in [2.45, 2.75) is 26.2 Å². The van der Waals surface area contributed by atoms with Crippen LogP contribution in [0.1, 0.15) is 25.3 Å². The van der Waals surface area contributed by atoms with Crippen molar-refractivity contribution in [2.75, 3.05) is 26.7 Å². The van der Waals surface area contributed by atoms with Gasteiger partial charge in [-0.3, -0.25) is 4.79 Å². The van der Waals surface area contributed by atoms with Gasteiger partial charge < -0.3 is 10.2 Å². The van der Waals surface area contributed by atoms with Gasteiger partial charge in [0.2, 0.25) is 5.91 Å². The normalized spacial score (nSPS) is 15.8. The van der Waals surface area contributed by atoms with Gasteiger partial charge in [0.25, 0.3) is 0 Å². The fraction of sp³-hybridized carbons (Fsp3) is 0.588. The van der Waals surface area contributed by atoms with E-state index in [1.54, 1.807) is 0 Å². The van der Waals surface area contributed by atoms with E-state index >= 15 is 0 Å². The maximum absolute atomic E-state index is 12.5. The fourth-order valence-electron chi connectivity index (χ4n) is 2.52. The number of halogens is 1. The summed E-state index contributed by atoms with van der Waals surface area (Å²) < 4.78 is 0. The standard InChI is InChI=1S/C17H25ClN2O/c1-13(11-19-2)17(21)20(12-15-3-4-15)10-9-14-5-7-16(18)8-6-14/h5-8,13,15,19H,3-4,9-12H2,1-2H3. The zero-order valence-electron chi connectivity index (χ0n) is 12.9. The average Bonchev–Trinajstić information content (AvgIpc) is 3.28. The number of hydrogen-bond acceptors (Lipinski definition) is 2. The van der Waals surface area contributed by atoms with E-state index in [2.05, 4.69) is 5.32 Å². The highest BCUT2D eigenvalue weighted by atomic mass is 35.5. The first kappa shape index (κ1) is 16.3. The van der Waals surface area contributed by atoms with Crippen molar-refractivity contribution in [3.8, 4) is 0 Å². The molecule has 3 nitrogen and oxygen atoms in total. The second-order valence-corrected chi connectivity index (χ2v) is 6.50. The Balaban J connectivity index is 1.92. The summed E-state index contributed by atoms with van der Waals surface area (Å²) in [4.78, 5) is 14.6. The molecule has 1 unspecified atom stereocenters. The molecule has 0 aliphatic heterocycles. The van der Waals surface area contributed by atoms with Gasteiger partial charge in [-0.15, -0.1) is 0 Å². The summed E-state index contributed by atoms with van der Waals surface area (Å²) in [7, 11) is 1.89. The average molecular weight is 309 g/mol. The van der Waals surface area contributed by atoms with E-state index in [0.29, 0.717) is 0 Å². The first-order valence-electron chi connectivity index (χ1n) is 7.78. The molecular weight excluding hydrogens is 284 g/mol. The van der Waals surface area contributed by atoms with Crippen LogP contribution < -0.4 is 5.32 Å². The lowest BCUT2D eigenvalue weighted by Gasteiger charge is -2.26. The first-order chi connectivity index (χ1) is 10.1. The summed E-state index contributed by atoms with van der Waals surface area (Å²) >= 11 is 5.91. The van der Waals surface area contributed by atoms with Crippen LogP contribution in [0.2, 0.25) is 5.02 Å². The van der Waals surface area contributed by atoms with Crippen LogP contribution in [0, 0.1) is 11.8 Å². The minimum atomic E-state index is 0.0407. The predicted molar refractivity (Wildman–Crippen MR) is 87.6 cm³/mol. The van der Waals surface area contributed by atoms with E-state index in [4.69, 9.17) is 11.6 Å². The van der Waals surface area contributed by atoms with E-state index in [0.717, 1.165) is 37.0 Å². The van der Waals surface area contributed by atoms with E-state index < -0.39 is 0 Å². The molecule has 116 valence electrons. The van der Waals surface area contributed by atoms with Crippen molar-refractivity contribution in [2.24, 2.45) is 11.8 Å². The summed E-state index contributed by atoms with van der Waals surface area (Å²) in [6.45, 7) is 4.45. The van der Waals surface area contributed by atoms with E-state index in [1.165, 1.54) is 18.4 Å². The van der Waals surface area contributed by atoms with Crippen LogP contribution in [-0.2, 0) is 11.2 Å². The Morgan fingerprint density at radius 2 is 2.05 bits per heavy atom. The van der Waals surface area contributed by atoms with Crippen LogP contribution in [0.15, 0.2) is 24.3 Å². The lowest BCUT2D eigenvalue weighted by molar-refractivity contribution is -0.135. The monoisotopic (exact) mass is 308 g/mol. The molecule has 1 fully saturated rings. The molecule has 1 saturated carbocycles. The summed E-state index contributed by atoms with van der Waals surface area (Å²) in [6.07, 6.45) is 3.43. The molecule has 1 aliphatic carbocycles. The maximum atomic E-state index is 12.5. The van der Waals surface area contributed by atoms with Gasteiger partial charge in [-0.25, -0.2) is 0 Å². The third kappa shape index (κ3) is 5.33. The van der Waals surface area contributed by atoms with Gasteiger partial charge in [-0.05, 0) is 49.9 Å². The third-order valence-corrected chi connectivity index (χ3v) is 4.25. The molecule has 2 rings (SSSR count). The van der Waals surface area contributed by atoms with Crippen molar-refractivity contribution in [1.29, 1.82) is 0 Å². The number of carbonyl (C=O) groups excluding carboxylic acids is 1. The van der Waals surface area contributed by atoms with Gasteiger partial charge >= 0.3 is 0 Å². The number of benzene rings is 1. The number of hydrogen-bond donors (Lipinski definition) is 1. The Bertz CT molecular complexity index is 456. The molecular formula is C17H25ClN2O. The topological polar surface area (TPSA) is 32.3 Å². The van der Waals surface area contributed by atoms with Crippen molar-refractivity contribution < 1.29 is 4.79 Å². The summed E-state index contributed by atoms with van der Waals surface area (Å²) in [5.41, 5.74) is 1.23. The van der Waals surface area contributed by atoms with E-state index in [-0.39, 0.29) is 11.8 Å². The molecule has 1 amide bonds. The van der Waals surface area contributed by atoms with Gasteiger partial charge in [0.1, 0.15) is 0 Å². The molecule has 1 aliphatic rings. The van der Waals surface area contributed by atoms with E-state index in [1.807, 2.05) is 43.1 Å². The van der Waals surface area contributed by atoms with Gasteiger partial charge in [0.05, 0.1) is 0 Å². The quantitative estimate of drug-likeness (QED) is 0.801. The van der Waals surface area contributed by atoms with Crippen LogP contribution in [-0.4, -0.2) is 37.5 Å². The Hall–Kier alpha value is -1.06. The molecule has 0 saturated heterocycles. The van der Waals surface area contributed by atoms with Crippen LogP contribution in [0.25, 0.3) is 0 Å². The molecule has 0 bridgehead atoms. The minimum absolute atomic E-state index is 0.0407. The summed E-state index contributed by atoms with van der Waals surface area (Å²) in [5, 5.41) is 3.85. The zero-order valence-corrected chi connectivity index (χ0v) is 13.7. The smallest absolute Gasteiger partial charge is 0.226 e. The van der Waals surface area contributed by atoms with E-state index in [9.17, 15) is 4.79 Å². The largest absolute Gasteiger partial charge is 0.342 e. The highest BCUT2D eigenvalue weighted by Crippen LogP contribution is 2.30. The number of amides is 1. The highest BCUT2D eigenvalue weighted by Gasteiger charge is 2.28. The van der Waals surface area contributed by atoms with Gasteiger partial charge in [0, 0.05) is 30.6 Å². The van der Waals surface area contributed by atoms with Gasteiger partial charge in [-0.1, -0.05) is 30.7 Å². The van der Waals surface area contributed by atoms with Crippen LogP contribution in [0.3, 0.4) is 0 Å². The number of carbonyl (C=O) groups is 1. The highest BCUT2D eigenvalue weighted by molar-refractivity contribution is 6.30. The van der Waals surface area contributed by atoms with Crippen LogP contribution >= 0.6 is 11.6 Å². The number of nitrogens with one attached hydrogen (secondary N) is 1. The lowest BCUT2D eigenvalue weighted by atomic mass is 10.1. The number of nitrogens with zero attached hydrogens (tertiary/aromatic N) is 1. The second-order valence-electron chi connectivity index (χ2n) is 6.06. The summed E-state index contributed by atoms with van der Waals surface area (Å²) in [6, 6.07) is 7.90. The molecule has 0 spiro atoms. The predicted octanol–water partition coefficient (Wildman–Crippen LogP) is 2.98. The molecule has 0 aromatic heterocycles. The minimum Gasteiger partial charge on any atom is -0.342 e. The molecule has 1 N–H and O–H groups in total. The Labute approximate surface area is 132 Å². The van der Waals surface area contributed by atoms with Crippen molar-refractivity contribution in [3.63, 3.8) is 0 Å². The third-order valence-electron chi connectivity index (χ3n) is 4.00. The van der Waals surface area contributed by atoms with Crippen molar-refractivity contribution in [3.05, 3.63) is 34.9 Å². The summed E-state index contributed by atoms with van der Waals surface area (Å²) in [5.74, 6) is 1.03. The number of rotatable bonds is 8. The zero-order chi connectivity index (χ0) is 15.2. The van der Waals surface area contributed by atoms with Gasteiger partial charge in [-0.2, -0.15) is 0 Å². The Morgan fingerprint density at radius 3 is 2.62 bits per heavy atom. The van der Waals surface area contributed by atoms with Gasteiger partial charge in [0.15, 0.2) is 0 Å². The van der Waals surface area contributed by atoms with Crippen molar-refractivity contribution >= 4 is 17.5 Å². The Kier molecular flexibility index (Phi) is 6.07.